The molecule has 0 spiro atoms. The summed E-state index contributed by atoms with van der Waals surface area (Å²) in [6.07, 6.45) is 1.83. The van der Waals surface area contributed by atoms with Crippen LogP contribution >= 0.6 is 0 Å². The maximum absolute atomic E-state index is 12.7. The molecular formula is C21H28N4O2. The molecule has 0 aliphatic heterocycles. The Hall–Kier alpha value is -2.60. The van der Waals surface area contributed by atoms with Gasteiger partial charge in [-0.25, -0.2) is 0 Å². The largest absolute Gasteiger partial charge is 0.383 e. The first kappa shape index (κ1) is 19.2. The summed E-state index contributed by atoms with van der Waals surface area (Å²) in [4.78, 5) is 12.7. The molecule has 0 saturated carbocycles. The van der Waals surface area contributed by atoms with E-state index in [1.54, 1.807) is 17.9 Å². The highest BCUT2D eigenvalue weighted by Crippen LogP contribution is 2.29. The lowest BCUT2D eigenvalue weighted by atomic mass is 10.1. The molecule has 2 heterocycles. The number of methoxy groups -OCH3 is 1. The van der Waals surface area contributed by atoms with Gasteiger partial charge in [-0.05, 0) is 43.4 Å². The van der Waals surface area contributed by atoms with Crippen molar-refractivity contribution in [2.75, 3.05) is 19.0 Å². The summed E-state index contributed by atoms with van der Waals surface area (Å²) < 4.78 is 9.11. The van der Waals surface area contributed by atoms with Crippen molar-refractivity contribution in [1.29, 1.82) is 0 Å². The topological polar surface area (TPSA) is 61.1 Å². The van der Waals surface area contributed by atoms with Crippen LogP contribution in [0, 0.1) is 0 Å². The van der Waals surface area contributed by atoms with Gasteiger partial charge in [0.15, 0.2) is 5.82 Å². The Bertz CT molecular complexity index is 937. The van der Waals surface area contributed by atoms with E-state index in [1.807, 2.05) is 24.4 Å². The number of amides is 1. The van der Waals surface area contributed by atoms with E-state index in [2.05, 4.69) is 48.7 Å². The van der Waals surface area contributed by atoms with Crippen LogP contribution in [0.1, 0.15) is 55.7 Å². The van der Waals surface area contributed by atoms with Gasteiger partial charge >= 0.3 is 0 Å². The SMILES string of the molecule is COCCn1ccc(NC(=O)c2ccc3cc(C(C)C)n(C(C)C)c3c2)n1. The number of carbonyl (C=O) groups is 1. The first-order valence-electron chi connectivity index (χ1n) is 9.39. The molecule has 6 heteroatoms. The standard InChI is InChI=1S/C21H28N4O2/c1-14(2)18-12-16-6-7-17(13-19(16)25(18)15(3)4)21(26)22-20-8-9-24(23-20)10-11-27-5/h6-9,12-15H,10-11H2,1-5H3,(H,22,23,26). The Labute approximate surface area is 160 Å². The number of carbonyl (C=O) groups excluding carboxylic acids is 1. The molecule has 144 valence electrons. The molecule has 0 atom stereocenters. The second kappa shape index (κ2) is 7.96. The number of nitrogens with one attached hydrogen (secondary N) is 1. The van der Waals surface area contributed by atoms with Crippen LogP contribution in [0.4, 0.5) is 5.82 Å². The van der Waals surface area contributed by atoms with Gasteiger partial charge in [-0.15, -0.1) is 0 Å². The summed E-state index contributed by atoms with van der Waals surface area (Å²) in [6, 6.07) is 10.2. The first-order chi connectivity index (χ1) is 12.9. The van der Waals surface area contributed by atoms with Crippen LogP contribution < -0.4 is 5.32 Å². The molecule has 1 N–H and O–H groups in total. The highest BCUT2D eigenvalue weighted by Gasteiger charge is 2.16. The van der Waals surface area contributed by atoms with Crippen LogP contribution in [-0.2, 0) is 11.3 Å². The van der Waals surface area contributed by atoms with Gasteiger partial charge < -0.3 is 14.6 Å². The predicted octanol–water partition coefficient (Wildman–Crippen LogP) is 4.44. The van der Waals surface area contributed by atoms with Crippen molar-refractivity contribution in [3.8, 4) is 0 Å². The Kier molecular flexibility index (Phi) is 5.65. The number of benzene rings is 1. The van der Waals surface area contributed by atoms with Crippen molar-refractivity contribution in [3.63, 3.8) is 0 Å². The van der Waals surface area contributed by atoms with Gasteiger partial charge in [-0.1, -0.05) is 19.9 Å². The van der Waals surface area contributed by atoms with Gasteiger partial charge in [-0.3, -0.25) is 9.48 Å². The van der Waals surface area contributed by atoms with E-state index in [0.717, 1.165) is 10.9 Å². The summed E-state index contributed by atoms with van der Waals surface area (Å²) in [5, 5.41) is 8.39. The lowest BCUT2D eigenvalue weighted by Gasteiger charge is -2.17. The molecule has 0 aliphatic carbocycles. The monoisotopic (exact) mass is 368 g/mol. The summed E-state index contributed by atoms with van der Waals surface area (Å²) in [6.45, 7) is 9.96. The second-order valence-corrected chi connectivity index (χ2v) is 7.37. The normalized spacial score (nSPS) is 11.7. The highest BCUT2D eigenvalue weighted by atomic mass is 16.5. The average Bonchev–Trinajstić information content (AvgIpc) is 3.23. The Morgan fingerprint density at radius 3 is 2.63 bits per heavy atom. The summed E-state index contributed by atoms with van der Waals surface area (Å²) >= 11 is 0. The Morgan fingerprint density at radius 1 is 1.19 bits per heavy atom. The van der Waals surface area contributed by atoms with E-state index in [1.165, 1.54) is 5.69 Å². The second-order valence-electron chi connectivity index (χ2n) is 7.37. The molecule has 6 nitrogen and oxygen atoms in total. The number of rotatable bonds is 7. The van der Waals surface area contributed by atoms with E-state index in [9.17, 15) is 4.79 Å². The van der Waals surface area contributed by atoms with Crippen LogP contribution in [0.25, 0.3) is 10.9 Å². The minimum atomic E-state index is -0.156. The maximum atomic E-state index is 12.7. The minimum Gasteiger partial charge on any atom is -0.383 e. The van der Waals surface area contributed by atoms with Crippen LogP contribution in [0.15, 0.2) is 36.5 Å². The predicted molar refractivity (Wildman–Crippen MR) is 108 cm³/mol. The Morgan fingerprint density at radius 2 is 1.96 bits per heavy atom. The van der Waals surface area contributed by atoms with E-state index >= 15 is 0 Å². The van der Waals surface area contributed by atoms with Gasteiger partial charge in [0, 0.05) is 42.2 Å². The zero-order valence-corrected chi connectivity index (χ0v) is 16.7. The van der Waals surface area contributed by atoms with Gasteiger partial charge in [0.25, 0.3) is 5.91 Å². The number of aromatic nitrogens is 3. The smallest absolute Gasteiger partial charge is 0.256 e. The molecule has 3 rings (SSSR count). The highest BCUT2D eigenvalue weighted by molar-refractivity contribution is 6.05. The summed E-state index contributed by atoms with van der Waals surface area (Å²) in [5.74, 6) is 0.808. The quantitative estimate of drug-likeness (QED) is 0.670. The van der Waals surface area contributed by atoms with E-state index in [0.29, 0.717) is 36.5 Å². The first-order valence-corrected chi connectivity index (χ1v) is 9.39. The molecule has 0 radical (unpaired) electrons. The molecule has 1 aromatic carbocycles. The van der Waals surface area contributed by atoms with Gasteiger partial charge in [-0.2, -0.15) is 5.10 Å². The molecule has 1 amide bonds. The van der Waals surface area contributed by atoms with Crippen LogP contribution in [0.2, 0.25) is 0 Å². The van der Waals surface area contributed by atoms with Crippen LogP contribution in [0.3, 0.4) is 0 Å². The van der Waals surface area contributed by atoms with Gasteiger partial charge in [0.05, 0.1) is 13.2 Å². The van der Waals surface area contributed by atoms with Gasteiger partial charge in [0.1, 0.15) is 0 Å². The molecule has 0 saturated heterocycles. The summed E-state index contributed by atoms with van der Waals surface area (Å²) in [7, 11) is 1.65. The lowest BCUT2D eigenvalue weighted by Crippen LogP contribution is -2.13. The average molecular weight is 368 g/mol. The van der Waals surface area contributed by atoms with Crippen molar-refractivity contribution in [2.24, 2.45) is 0 Å². The third-order valence-electron chi connectivity index (χ3n) is 4.65. The molecule has 0 aliphatic rings. The minimum absolute atomic E-state index is 0.156. The van der Waals surface area contributed by atoms with Crippen molar-refractivity contribution >= 4 is 22.6 Å². The van der Waals surface area contributed by atoms with Crippen molar-refractivity contribution < 1.29 is 9.53 Å². The number of anilines is 1. The van der Waals surface area contributed by atoms with Crippen molar-refractivity contribution in [2.45, 2.75) is 46.2 Å². The van der Waals surface area contributed by atoms with Crippen LogP contribution in [0.5, 0.6) is 0 Å². The van der Waals surface area contributed by atoms with E-state index in [4.69, 9.17) is 4.74 Å². The molecule has 0 fully saturated rings. The van der Waals surface area contributed by atoms with Gasteiger partial charge in [0.2, 0.25) is 0 Å². The number of hydrogen-bond acceptors (Lipinski definition) is 3. The van der Waals surface area contributed by atoms with Crippen LogP contribution in [-0.4, -0.2) is 34.0 Å². The molecule has 27 heavy (non-hydrogen) atoms. The number of ether oxygens (including phenoxy) is 1. The number of hydrogen-bond donors (Lipinski definition) is 1. The van der Waals surface area contributed by atoms with E-state index in [-0.39, 0.29) is 5.91 Å². The van der Waals surface area contributed by atoms with E-state index < -0.39 is 0 Å². The lowest BCUT2D eigenvalue weighted by molar-refractivity contribution is 0.102. The molecule has 0 bridgehead atoms. The molecule has 0 unspecified atom stereocenters. The molecule has 3 aromatic rings. The van der Waals surface area contributed by atoms with Crippen molar-refractivity contribution in [1.82, 2.24) is 14.3 Å². The molecule has 2 aromatic heterocycles. The fourth-order valence-electron chi connectivity index (χ4n) is 3.33. The zero-order chi connectivity index (χ0) is 19.6. The Balaban J connectivity index is 1.86. The third-order valence-corrected chi connectivity index (χ3v) is 4.65. The zero-order valence-electron chi connectivity index (χ0n) is 16.7. The third kappa shape index (κ3) is 4.06. The summed E-state index contributed by atoms with van der Waals surface area (Å²) in [5.41, 5.74) is 3.01. The number of fused-ring (bicyclic) bond motifs is 1. The van der Waals surface area contributed by atoms with Crippen molar-refractivity contribution in [3.05, 3.63) is 47.8 Å². The fraction of sp³-hybridized carbons (Fsp3) is 0.429. The number of nitrogens with zero attached hydrogens (tertiary/aromatic N) is 3. The molecular weight excluding hydrogens is 340 g/mol. The maximum Gasteiger partial charge on any atom is 0.256 e. The fourth-order valence-corrected chi connectivity index (χ4v) is 3.33.